The number of ether oxygens (including phenoxy) is 1. The summed E-state index contributed by atoms with van der Waals surface area (Å²) in [5.74, 6) is 0.593. The van der Waals surface area contributed by atoms with Gasteiger partial charge in [0.2, 0.25) is 5.95 Å². The Balaban J connectivity index is 1.54. The Morgan fingerprint density at radius 3 is 2.23 bits per heavy atom. The number of nitrogens with zero attached hydrogens (tertiary/aromatic N) is 4. The Bertz CT molecular complexity index is 1550. The van der Waals surface area contributed by atoms with Crippen molar-refractivity contribution in [1.82, 2.24) is 14.1 Å². The summed E-state index contributed by atoms with van der Waals surface area (Å²) in [5, 5.41) is 6.03. The van der Waals surface area contributed by atoms with Gasteiger partial charge in [-0.3, -0.25) is 9.56 Å². The van der Waals surface area contributed by atoms with Crippen LogP contribution in [0.2, 0.25) is 0 Å². The number of methoxy groups -OCH3 is 1. The van der Waals surface area contributed by atoms with Crippen LogP contribution in [0.25, 0.3) is 0 Å². The van der Waals surface area contributed by atoms with Gasteiger partial charge in [0.05, 0.1) is 26.7 Å². The largest absolute Gasteiger partial charge is 0.497 e. The van der Waals surface area contributed by atoms with Crippen molar-refractivity contribution in [2.24, 2.45) is 10.7 Å². The van der Waals surface area contributed by atoms with Crippen LogP contribution in [0.1, 0.15) is 11.1 Å². The van der Waals surface area contributed by atoms with E-state index in [0.29, 0.717) is 11.3 Å². The highest BCUT2D eigenvalue weighted by Gasteiger charge is 2.14. The van der Waals surface area contributed by atoms with Crippen LogP contribution in [-0.2, 0) is 13.1 Å². The number of benzene rings is 3. The average molecular weight is 596 g/mol. The molecule has 0 atom stereocenters. The topological polar surface area (TPSA) is 129 Å². The molecule has 39 heavy (non-hydrogen) atoms. The second-order valence-electron chi connectivity index (χ2n) is 8.47. The van der Waals surface area contributed by atoms with E-state index in [9.17, 15) is 14.0 Å². The summed E-state index contributed by atoms with van der Waals surface area (Å²) >= 11 is 3.38. The first kappa shape index (κ1) is 27.6. The molecule has 0 saturated heterocycles. The van der Waals surface area contributed by atoms with E-state index in [4.69, 9.17) is 10.5 Å². The summed E-state index contributed by atoms with van der Waals surface area (Å²) in [5.41, 5.74) is 6.87. The summed E-state index contributed by atoms with van der Waals surface area (Å²) in [6.45, 7) is 0.625. The SMILES string of the molecule is COc1ccc(Cn2c(NCCN=C(N)Nc3ccc(Br)cc3)nc(=O)n(Cc3ccc(F)cc3)c2=O)cc1. The lowest BCUT2D eigenvalue weighted by Crippen LogP contribution is -2.43. The minimum Gasteiger partial charge on any atom is -0.497 e. The zero-order valence-electron chi connectivity index (χ0n) is 21.1. The maximum atomic E-state index is 13.5. The van der Waals surface area contributed by atoms with Crippen LogP contribution in [0.15, 0.2) is 91.9 Å². The van der Waals surface area contributed by atoms with Crippen molar-refractivity contribution in [3.8, 4) is 5.75 Å². The van der Waals surface area contributed by atoms with Crippen LogP contribution in [-0.4, -0.2) is 40.3 Å². The van der Waals surface area contributed by atoms with Crippen molar-refractivity contribution >= 4 is 33.5 Å². The number of hydrogen-bond donors (Lipinski definition) is 3. The number of guanidine groups is 1. The molecule has 10 nitrogen and oxygen atoms in total. The van der Waals surface area contributed by atoms with E-state index < -0.39 is 17.2 Å². The number of nitrogens with two attached hydrogens (primary N) is 1. The number of hydrogen-bond acceptors (Lipinski definition) is 6. The van der Waals surface area contributed by atoms with Crippen molar-refractivity contribution in [1.29, 1.82) is 0 Å². The molecule has 0 aliphatic carbocycles. The smallest absolute Gasteiger partial charge is 0.355 e. The van der Waals surface area contributed by atoms with Crippen molar-refractivity contribution < 1.29 is 9.13 Å². The Morgan fingerprint density at radius 2 is 1.59 bits per heavy atom. The predicted molar refractivity (Wildman–Crippen MR) is 153 cm³/mol. The van der Waals surface area contributed by atoms with Gasteiger partial charge in [-0.1, -0.05) is 40.2 Å². The summed E-state index contributed by atoms with van der Waals surface area (Å²) in [4.78, 5) is 34.7. The molecule has 0 saturated carbocycles. The molecule has 0 bridgehead atoms. The number of aromatic nitrogens is 3. The van der Waals surface area contributed by atoms with Crippen LogP contribution in [0, 0.1) is 5.82 Å². The van der Waals surface area contributed by atoms with Gasteiger partial charge in [0.15, 0.2) is 5.96 Å². The van der Waals surface area contributed by atoms with E-state index in [1.54, 1.807) is 19.2 Å². The Labute approximate surface area is 232 Å². The van der Waals surface area contributed by atoms with Gasteiger partial charge in [-0.05, 0) is 59.7 Å². The molecule has 202 valence electrons. The van der Waals surface area contributed by atoms with Gasteiger partial charge in [0.1, 0.15) is 11.6 Å². The molecular formula is C27H27BrFN7O3. The van der Waals surface area contributed by atoms with Gasteiger partial charge in [0, 0.05) is 16.7 Å². The van der Waals surface area contributed by atoms with E-state index >= 15 is 0 Å². The fourth-order valence-electron chi connectivity index (χ4n) is 3.69. The number of anilines is 2. The lowest BCUT2D eigenvalue weighted by atomic mass is 10.2. The molecule has 0 unspecified atom stereocenters. The third kappa shape index (κ3) is 7.54. The maximum absolute atomic E-state index is 13.5. The van der Waals surface area contributed by atoms with Gasteiger partial charge >= 0.3 is 11.4 Å². The molecule has 0 spiro atoms. The van der Waals surface area contributed by atoms with Crippen molar-refractivity contribution in [3.05, 3.63) is 115 Å². The second-order valence-corrected chi connectivity index (χ2v) is 9.39. The predicted octanol–water partition coefficient (Wildman–Crippen LogP) is 3.25. The normalized spacial score (nSPS) is 11.3. The van der Waals surface area contributed by atoms with Gasteiger partial charge in [-0.25, -0.2) is 18.5 Å². The fourth-order valence-corrected chi connectivity index (χ4v) is 3.96. The zero-order valence-corrected chi connectivity index (χ0v) is 22.7. The Morgan fingerprint density at radius 1 is 0.974 bits per heavy atom. The molecule has 0 fully saturated rings. The van der Waals surface area contributed by atoms with Crippen LogP contribution in [0.4, 0.5) is 16.0 Å². The fraction of sp³-hybridized carbons (Fsp3) is 0.185. The maximum Gasteiger partial charge on any atom is 0.355 e. The second kappa shape index (κ2) is 12.9. The quantitative estimate of drug-likeness (QED) is 0.146. The molecule has 0 amide bonds. The lowest BCUT2D eigenvalue weighted by Gasteiger charge is -2.16. The molecule has 4 rings (SSSR count). The summed E-state index contributed by atoms with van der Waals surface area (Å²) in [6.07, 6.45) is 0. The molecular weight excluding hydrogens is 569 g/mol. The standard InChI is InChI=1S/C27H27BrFN7O3/c1-39-23-12-4-19(5-13-23)16-35-25(32-15-14-31-24(30)33-22-10-6-20(28)7-11-22)34-26(37)36(27(35)38)17-18-2-8-21(29)9-3-18/h2-13H,14-17H2,1H3,(H3,30,31,33)(H,32,34,37). The monoisotopic (exact) mass is 595 g/mol. The molecule has 4 aromatic rings. The highest BCUT2D eigenvalue weighted by atomic mass is 79.9. The van der Waals surface area contributed by atoms with E-state index in [1.165, 1.54) is 28.8 Å². The van der Waals surface area contributed by atoms with Crippen molar-refractivity contribution in [2.45, 2.75) is 13.1 Å². The Hall–Kier alpha value is -4.45. The van der Waals surface area contributed by atoms with Crippen LogP contribution in [0.3, 0.4) is 0 Å². The van der Waals surface area contributed by atoms with E-state index in [-0.39, 0.29) is 38.1 Å². The molecule has 1 heterocycles. The molecule has 1 aromatic heterocycles. The third-order valence-electron chi connectivity index (χ3n) is 5.70. The third-order valence-corrected chi connectivity index (χ3v) is 6.23. The molecule has 0 radical (unpaired) electrons. The van der Waals surface area contributed by atoms with E-state index in [1.807, 2.05) is 36.4 Å². The minimum atomic E-state index is -0.724. The van der Waals surface area contributed by atoms with Gasteiger partial charge in [-0.2, -0.15) is 4.98 Å². The molecule has 4 N–H and O–H groups in total. The van der Waals surface area contributed by atoms with Gasteiger partial charge < -0.3 is 21.1 Å². The van der Waals surface area contributed by atoms with Crippen molar-refractivity contribution in [2.75, 3.05) is 30.8 Å². The van der Waals surface area contributed by atoms with Crippen LogP contribution < -0.4 is 32.5 Å². The van der Waals surface area contributed by atoms with E-state index in [2.05, 4.69) is 36.5 Å². The number of nitrogens with one attached hydrogen (secondary N) is 2. The highest BCUT2D eigenvalue weighted by Crippen LogP contribution is 2.14. The summed E-state index contributed by atoms with van der Waals surface area (Å²) in [7, 11) is 1.57. The molecule has 3 aromatic carbocycles. The van der Waals surface area contributed by atoms with Crippen LogP contribution >= 0.6 is 15.9 Å². The Kier molecular flexibility index (Phi) is 9.10. The first-order chi connectivity index (χ1) is 18.8. The van der Waals surface area contributed by atoms with Crippen LogP contribution in [0.5, 0.6) is 5.75 Å². The first-order valence-corrected chi connectivity index (χ1v) is 12.8. The number of rotatable bonds is 10. The molecule has 12 heteroatoms. The lowest BCUT2D eigenvalue weighted by molar-refractivity contribution is 0.414. The van der Waals surface area contributed by atoms with Gasteiger partial charge in [-0.15, -0.1) is 0 Å². The molecule has 0 aliphatic heterocycles. The minimum absolute atomic E-state index is 0.0452. The zero-order chi connectivity index (χ0) is 27.8. The number of halogens is 2. The summed E-state index contributed by atoms with van der Waals surface area (Å²) < 4.78 is 21.9. The number of aliphatic imine (C=N–C) groups is 1. The average Bonchev–Trinajstić information content (AvgIpc) is 2.93. The van der Waals surface area contributed by atoms with Gasteiger partial charge in [0.25, 0.3) is 0 Å². The summed E-state index contributed by atoms with van der Waals surface area (Å²) in [6, 6.07) is 20.3. The highest BCUT2D eigenvalue weighted by molar-refractivity contribution is 9.10. The molecule has 0 aliphatic rings. The first-order valence-electron chi connectivity index (χ1n) is 12.0. The van der Waals surface area contributed by atoms with Crippen molar-refractivity contribution in [3.63, 3.8) is 0 Å². The van der Waals surface area contributed by atoms with E-state index in [0.717, 1.165) is 20.3 Å².